The first-order chi connectivity index (χ1) is 5.27. The lowest BCUT2D eigenvalue weighted by Crippen LogP contribution is -1.94. The van der Waals surface area contributed by atoms with Crippen molar-refractivity contribution in [3.05, 3.63) is 23.0 Å². The maximum Gasteiger partial charge on any atom is 0.180 e. The van der Waals surface area contributed by atoms with Gasteiger partial charge in [-0.25, -0.2) is 0 Å². The number of hydrogen-bond donors (Lipinski definition) is 0. The van der Waals surface area contributed by atoms with Crippen LogP contribution in [0.15, 0.2) is 6.07 Å². The highest BCUT2D eigenvalue weighted by atomic mass is 15.1. The Morgan fingerprint density at radius 2 is 2.00 bits per heavy atom. The van der Waals surface area contributed by atoms with Gasteiger partial charge < -0.3 is 0 Å². The molecule has 1 heterocycles. The van der Waals surface area contributed by atoms with E-state index in [1.807, 2.05) is 6.07 Å². The molecule has 0 bridgehead atoms. The second-order valence-corrected chi connectivity index (χ2v) is 1.97. The predicted octanol–water partition coefficient (Wildman–Crippen LogP) is 0.528. The summed E-state index contributed by atoms with van der Waals surface area (Å²) in [5, 5.41) is 24.1. The highest BCUT2D eigenvalue weighted by Crippen LogP contribution is 2.02. The van der Waals surface area contributed by atoms with Crippen molar-refractivity contribution >= 4 is 0 Å². The van der Waals surface area contributed by atoms with Crippen LogP contribution < -0.4 is 0 Å². The van der Waals surface area contributed by atoms with Crippen LogP contribution in [0, 0.1) is 29.6 Å². The number of aryl methyl sites for hydroxylation is 1. The van der Waals surface area contributed by atoms with Crippen LogP contribution >= 0.6 is 0 Å². The van der Waals surface area contributed by atoms with Gasteiger partial charge in [-0.05, 0) is 13.0 Å². The van der Waals surface area contributed by atoms with Crippen molar-refractivity contribution in [1.82, 2.24) is 10.2 Å². The smallest absolute Gasteiger partial charge is 0.180 e. The molecule has 0 aliphatic carbocycles. The molecule has 0 fully saturated rings. The lowest BCUT2D eigenvalue weighted by molar-refractivity contribution is 0.957. The molecule has 0 saturated heterocycles. The molecule has 1 aromatic heterocycles. The van der Waals surface area contributed by atoms with E-state index in [2.05, 4.69) is 10.2 Å². The number of rotatable bonds is 0. The molecule has 52 valence electrons. The molecule has 0 radical (unpaired) electrons. The maximum absolute atomic E-state index is 8.51. The molecule has 0 spiro atoms. The zero-order valence-corrected chi connectivity index (χ0v) is 5.87. The topological polar surface area (TPSA) is 73.4 Å². The van der Waals surface area contributed by atoms with Crippen LogP contribution in [-0.2, 0) is 0 Å². The van der Waals surface area contributed by atoms with Gasteiger partial charge in [0.15, 0.2) is 5.69 Å². The minimum atomic E-state index is 0.0816. The Bertz CT molecular complexity index is 356. The first kappa shape index (κ1) is 7.17. The lowest BCUT2D eigenvalue weighted by Gasteiger charge is -1.91. The normalized spacial score (nSPS) is 8.27. The van der Waals surface area contributed by atoms with E-state index in [-0.39, 0.29) is 11.3 Å². The first-order valence-corrected chi connectivity index (χ1v) is 2.92. The van der Waals surface area contributed by atoms with Gasteiger partial charge in [0.05, 0.1) is 11.3 Å². The quantitative estimate of drug-likeness (QED) is 0.532. The Morgan fingerprint density at radius 3 is 2.55 bits per heavy atom. The molecule has 0 N–H and O–H groups in total. The second-order valence-electron chi connectivity index (χ2n) is 1.97. The Hall–Kier alpha value is -1.94. The zero-order chi connectivity index (χ0) is 8.27. The SMILES string of the molecule is Cc1cc(C#N)c(C#N)nn1. The summed E-state index contributed by atoms with van der Waals surface area (Å²) in [7, 11) is 0. The zero-order valence-electron chi connectivity index (χ0n) is 5.87. The fraction of sp³-hybridized carbons (Fsp3) is 0.143. The van der Waals surface area contributed by atoms with Crippen LogP contribution in [0.4, 0.5) is 0 Å². The van der Waals surface area contributed by atoms with Crippen LogP contribution in [-0.4, -0.2) is 10.2 Å². The molecule has 4 nitrogen and oxygen atoms in total. The number of nitriles is 2. The molecule has 0 unspecified atom stereocenters. The van der Waals surface area contributed by atoms with Crippen LogP contribution in [0.5, 0.6) is 0 Å². The second kappa shape index (κ2) is 2.76. The van der Waals surface area contributed by atoms with E-state index < -0.39 is 0 Å². The average molecular weight is 144 g/mol. The predicted molar refractivity (Wildman–Crippen MR) is 36.2 cm³/mol. The third-order valence-electron chi connectivity index (χ3n) is 1.14. The Labute approximate surface area is 63.7 Å². The fourth-order valence-corrected chi connectivity index (χ4v) is 0.657. The van der Waals surface area contributed by atoms with Gasteiger partial charge in [0.25, 0.3) is 0 Å². The average Bonchev–Trinajstić information content (AvgIpc) is 2.04. The molecular formula is C7H4N4. The van der Waals surface area contributed by atoms with E-state index in [1.165, 1.54) is 6.07 Å². The molecule has 0 atom stereocenters. The van der Waals surface area contributed by atoms with E-state index in [9.17, 15) is 0 Å². The van der Waals surface area contributed by atoms with Crippen molar-refractivity contribution in [1.29, 1.82) is 10.5 Å². The summed E-state index contributed by atoms with van der Waals surface area (Å²) in [6.45, 7) is 1.72. The van der Waals surface area contributed by atoms with Crippen molar-refractivity contribution in [2.45, 2.75) is 6.92 Å². The molecule has 1 rings (SSSR count). The summed E-state index contributed by atoms with van der Waals surface area (Å²) >= 11 is 0. The van der Waals surface area contributed by atoms with Gasteiger partial charge in [-0.15, -0.1) is 5.10 Å². The molecule has 0 aliphatic heterocycles. The van der Waals surface area contributed by atoms with Crippen molar-refractivity contribution in [3.8, 4) is 12.1 Å². The van der Waals surface area contributed by atoms with Gasteiger partial charge in [0.2, 0.25) is 0 Å². The maximum atomic E-state index is 8.51. The Balaban J connectivity index is 3.34. The summed E-state index contributed by atoms with van der Waals surface area (Å²) in [6.07, 6.45) is 0. The van der Waals surface area contributed by atoms with Gasteiger partial charge in [0, 0.05) is 0 Å². The third kappa shape index (κ3) is 1.31. The van der Waals surface area contributed by atoms with E-state index in [1.54, 1.807) is 13.0 Å². The van der Waals surface area contributed by atoms with Gasteiger partial charge in [-0.2, -0.15) is 15.6 Å². The molecule has 0 saturated carbocycles. The summed E-state index contributed by atoms with van der Waals surface area (Å²) in [5.41, 5.74) is 0.999. The minimum absolute atomic E-state index is 0.0816. The van der Waals surface area contributed by atoms with Crippen LogP contribution in [0.3, 0.4) is 0 Å². The van der Waals surface area contributed by atoms with Crippen molar-refractivity contribution in [2.75, 3.05) is 0 Å². The van der Waals surface area contributed by atoms with Crippen molar-refractivity contribution < 1.29 is 0 Å². The van der Waals surface area contributed by atoms with Crippen LogP contribution in [0.1, 0.15) is 17.0 Å². The Kier molecular flexibility index (Phi) is 1.80. The molecule has 0 aromatic carbocycles. The Morgan fingerprint density at radius 1 is 1.27 bits per heavy atom. The van der Waals surface area contributed by atoms with Gasteiger partial charge in [0.1, 0.15) is 12.1 Å². The summed E-state index contributed by atoms with van der Waals surface area (Å²) in [4.78, 5) is 0. The van der Waals surface area contributed by atoms with E-state index in [0.717, 1.165) is 0 Å². The summed E-state index contributed by atoms with van der Waals surface area (Å²) in [5.74, 6) is 0. The standard InChI is InChI=1S/C7H4N4/c1-5-2-6(3-8)7(4-9)11-10-5/h2H,1H3. The van der Waals surface area contributed by atoms with Crippen molar-refractivity contribution in [2.24, 2.45) is 0 Å². The molecule has 11 heavy (non-hydrogen) atoms. The van der Waals surface area contributed by atoms with E-state index >= 15 is 0 Å². The molecular weight excluding hydrogens is 140 g/mol. The molecule has 1 aromatic rings. The minimum Gasteiger partial charge on any atom is -0.192 e. The number of hydrogen-bond acceptors (Lipinski definition) is 4. The van der Waals surface area contributed by atoms with E-state index in [4.69, 9.17) is 10.5 Å². The van der Waals surface area contributed by atoms with Gasteiger partial charge in [-0.1, -0.05) is 0 Å². The summed E-state index contributed by atoms with van der Waals surface area (Å²) in [6, 6.07) is 5.17. The first-order valence-electron chi connectivity index (χ1n) is 2.92. The molecule has 0 amide bonds. The van der Waals surface area contributed by atoms with Crippen LogP contribution in [0.2, 0.25) is 0 Å². The molecule has 0 aliphatic rings. The largest absolute Gasteiger partial charge is 0.192 e. The van der Waals surface area contributed by atoms with Gasteiger partial charge in [-0.3, -0.25) is 0 Å². The molecule has 4 heteroatoms. The summed E-state index contributed by atoms with van der Waals surface area (Å²) < 4.78 is 0. The number of aromatic nitrogens is 2. The van der Waals surface area contributed by atoms with Gasteiger partial charge >= 0.3 is 0 Å². The fourth-order valence-electron chi connectivity index (χ4n) is 0.657. The number of nitrogens with zero attached hydrogens (tertiary/aromatic N) is 4. The van der Waals surface area contributed by atoms with Crippen molar-refractivity contribution in [3.63, 3.8) is 0 Å². The monoisotopic (exact) mass is 144 g/mol. The highest BCUT2D eigenvalue weighted by molar-refractivity contribution is 5.39. The van der Waals surface area contributed by atoms with E-state index in [0.29, 0.717) is 5.69 Å². The van der Waals surface area contributed by atoms with Crippen LogP contribution in [0.25, 0.3) is 0 Å². The lowest BCUT2D eigenvalue weighted by atomic mass is 10.2. The third-order valence-corrected chi connectivity index (χ3v) is 1.14. The highest BCUT2D eigenvalue weighted by Gasteiger charge is 2.02.